The molecule has 110 valence electrons. The smallest absolute Gasteiger partial charge is 0.260 e. The van der Waals surface area contributed by atoms with E-state index < -0.39 is 0 Å². The SMILES string of the molecule is CCC(c1cccnc1)N(C)C(=O)c1ccc(C)[nH]c1=O. The zero-order valence-electron chi connectivity index (χ0n) is 12.5. The standard InChI is InChI=1S/C16H19N3O2/c1-4-14(12-6-5-9-17-10-12)19(3)16(21)13-8-7-11(2)18-15(13)20/h5-10,14H,4H2,1-3H3,(H,18,20). The zero-order chi connectivity index (χ0) is 15.4. The molecule has 2 rings (SSSR count). The number of nitrogens with zero attached hydrogens (tertiary/aromatic N) is 2. The molecule has 1 atom stereocenters. The summed E-state index contributed by atoms with van der Waals surface area (Å²) in [6.07, 6.45) is 4.19. The first-order valence-corrected chi connectivity index (χ1v) is 6.91. The summed E-state index contributed by atoms with van der Waals surface area (Å²) < 4.78 is 0. The van der Waals surface area contributed by atoms with E-state index in [1.807, 2.05) is 19.1 Å². The topological polar surface area (TPSA) is 66.1 Å². The number of hydrogen-bond donors (Lipinski definition) is 1. The van der Waals surface area contributed by atoms with Gasteiger partial charge in [-0.1, -0.05) is 13.0 Å². The van der Waals surface area contributed by atoms with Crippen LogP contribution in [0.25, 0.3) is 0 Å². The van der Waals surface area contributed by atoms with E-state index in [2.05, 4.69) is 9.97 Å². The van der Waals surface area contributed by atoms with Crippen LogP contribution >= 0.6 is 0 Å². The van der Waals surface area contributed by atoms with E-state index >= 15 is 0 Å². The Morgan fingerprint density at radius 2 is 2.14 bits per heavy atom. The molecule has 0 aliphatic carbocycles. The molecule has 2 heterocycles. The van der Waals surface area contributed by atoms with Gasteiger partial charge in [0.2, 0.25) is 0 Å². The van der Waals surface area contributed by atoms with Gasteiger partial charge in [0.05, 0.1) is 6.04 Å². The maximum absolute atomic E-state index is 12.5. The lowest BCUT2D eigenvalue weighted by Gasteiger charge is -2.27. The van der Waals surface area contributed by atoms with Crippen molar-refractivity contribution in [3.8, 4) is 0 Å². The number of amides is 1. The van der Waals surface area contributed by atoms with E-state index in [1.165, 1.54) is 0 Å². The average Bonchev–Trinajstić information content (AvgIpc) is 2.48. The molecule has 21 heavy (non-hydrogen) atoms. The minimum absolute atomic E-state index is 0.105. The Morgan fingerprint density at radius 1 is 1.38 bits per heavy atom. The molecule has 0 aromatic carbocycles. The van der Waals surface area contributed by atoms with E-state index in [9.17, 15) is 9.59 Å². The molecule has 2 aromatic heterocycles. The summed E-state index contributed by atoms with van der Waals surface area (Å²) in [5, 5.41) is 0. The molecule has 1 N–H and O–H groups in total. The van der Waals surface area contributed by atoms with Crippen molar-refractivity contribution < 1.29 is 4.79 Å². The van der Waals surface area contributed by atoms with Gasteiger partial charge in [-0.25, -0.2) is 0 Å². The highest BCUT2D eigenvalue weighted by Crippen LogP contribution is 2.23. The molecular weight excluding hydrogens is 266 g/mol. The first-order chi connectivity index (χ1) is 10.0. The first kappa shape index (κ1) is 15.0. The minimum atomic E-state index is -0.354. The summed E-state index contributed by atoms with van der Waals surface area (Å²) in [5.74, 6) is -0.285. The molecule has 0 aliphatic rings. The van der Waals surface area contributed by atoms with Crippen LogP contribution in [0.4, 0.5) is 0 Å². The van der Waals surface area contributed by atoms with Crippen molar-refractivity contribution in [1.82, 2.24) is 14.9 Å². The second kappa shape index (κ2) is 6.35. The van der Waals surface area contributed by atoms with Gasteiger partial charge >= 0.3 is 0 Å². The number of H-pyrrole nitrogens is 1. The van der Waals surface area contributed by atoms with Crippen molar-refractivity contribution in [2.24, 2.45) is 0 Å². The average molecular weight is 285 g/mol. The van der Waals surface area contributed by atoms with Gasteiger partial charge in [-0.3, -0.25) is 14.6 Å². The van der Waals surface area contributed by atoms with Gasteiger partial charge in [0.25, 0.3) is 11.5 Å². The number of hydrogen-bond acceptors (Lipinski definition) is 3. The normalized spacial score (nSPS) is 12.0. The van der Waals surface area contributed by atoms with Gasteiger partial charge in [0.1, 0.15) is 5.56 Å². The lowest BCUT2D eigenvalue weighted by molar-refractivity contribution is 0.0724. The van der Waals surface area contributed by atoms with Gasteiger partial charge in [-0.15, -0.1) is 0 Å². The molecule has 1 unspecified atom stereocenters. The summed E-state index contributed by atoms with van der Waals surface area (Å²) >= 11 is 0. The third-order valence-corrected chi connectivity index (χ3v) is 3.53. The van der Waals surface area contributed by atoms with E-state index in [1.54, 1.807) is 43.4 Å². The van der Waals surface area contributed by atoms with Crippen molar-refractivity contribution in [2.45, 2.75) is 26.3 Å². The van der Waals surface area contributed by atoms with Crippen molar-refractivity contribution in [1.29, 1.82) is 0 Å². The molecule has 0 fully saturated rings. The van der Waals surface area contributed by atoms with Crippen molar-refractivity contribution in [3.05, 3.63) is 63.8 Å². The van der Waals surface area contributed by atoms with E-state index in [-0.39, 0.29) is 23.1 Å². The first-order valence-electron chi connectivity index (χ1n) is 6.91. The second-order valence-electron chi connectivity index (χ2n) is 5.01. The molecule has 5 heteroatoms. The maximum Gasteiger partial charge on any atom is 0.260 e. The lowest BCUT2D eigenvalue weighted by Crippen LogP contribution is -2.34. The fraction of sp³-hybridized carbons (Fsp3) is 0.312. The minimum Gasteiger partial charge on any atom is -0.334 e. The van der Waals surface area contributed by atoms with Crippen LogP contribution in [0, 0.1) is 6.92 Å². The van der Waals surface area contributed by atoms with Crippen LogP contribution in [0.15, 0.2) is 41.5 Å². The number of rotatable bonds is 4. The van der Waals surface area contributed by atoms with E-state index in [4.69, 9.17) is 0 Å². The van der Waals surface area contributed by atoms with Gasteiger partial charge < -0.3 is 9.88 Å². The van der Waals surface area contributed by atoms with Crippen LogP contribution in [0.1, 0.15) is 41.0 Å². The lowest BCUT2D eigenvalue weighted by atomic mass is 10.0. The third-order valence-electron chi connectivity index (χ3n) is 3.53. The van der Waals surface area contributed by atoms with Crippen molar-refractivity contribution >= 4 is 5.91 Å². The number of aryl methyl sites for hydroxylation is 1. The summed E-state index contributed by atoms with van der Waals surface area (Å²) in [7, 11) is 1.71. The largest absolute Gasteiger partial charge is 0.334 e. The predicted molar refractivity (Wildman–Crippen MR) is 81.2 cm³/mol. The predicted octanol–water partition coefficient (Wildman–Crippen LogP) is 2.30. The Balaban J connectivity index is 2.31. The Hall–Kier alpha value is -2.43. The monoisotopic (exact) mass is 285 g/mol. The molecule has 5 nitrogen and oxygen atoms in total. The van der Waals surface area contributed by atoms with Crippen LogP contribution in [0.5, 0.6) is 0 Å². The number of aromatic nitrogens is 2. The summed E-state index contributed by atoms with van der Waals surface area (Å²) in [4.78, 5) is 32.8. The maximum atomic E-state index is 12.5. The van der Waals surface area contributed by atoms with E-state index in [0.29, 0.717) is 0 Å². The van der Waals surface area contributed by atoms with Gasteiger partial charge in [-0.05, 0) is 37.1 Å². The van der Waals surface area contributed by atoms with E-state index in [0.717, 1.165) is 17.7 Å². The van der Waals surface area contributed by atoms with Gasteiger partial charge in [-0.2, -0.15) is 0 Å². The molecule has 2 aromatic rings. The fourth-order valence-electron chi connectivity index (χ4n) is 2.38. The summed E-state index contributed by atoms with van der Waals surface area (Å²) in [6.45, 7) is 3.78. The number of pyridine rings is 2. The highest BCUT2D eigenvalue weighted by atomic mass is 16.2. The Bertz CT molecular complexity index is 679. The van der Waals surface area contributed by atoms with Gasteiger partial charge in [0, 0.05) is 25.1 Å². The highest BCUT2D eigenvalue weighted by molar-refractivity contribution is 5.93. The quantitative estimate of drug-likeness (QED) is 0.937. The zero-order valence-corrected chi connectivity index (χ0v) is 12.5. The summed E-state index contributed by atoms with van der Waals surface area (Å²) in [6, 6.07) is 6.97. The molecule has 0 radical (unpaired) electrons. The van der Waals surface area contributed by atoms with Crippen molar-refractivity contribution in [3.63, 3.8) is 0 Å². The van der Waals surface area contributed by atoms with Gasteiger partial charge in [0.15, 0.2) is 0 Å². The molecular formula is C16H19N3O2. The molecule has 0 saturated heterocycles. The Morgan fingerprint density at radius 3 is 2.71 bits per heavy atom. The van der Waals surface area contributed by atoms with Crippen molar-refractivity contribution in [2.75, 3.05) is 7.05 Å². The highest BCUT2D eigenvalue weighted by Gasteiger charge is 2.23. The number of carbonyl (C=O) groups excluding carboxylic acids is 1. The Kier molecular flexibility index (Phi) is 4.52. The van der Waals surface area contributed by atoms with Crippen LogP contribution < -0.4 is 5.56 Å². The number of carbonyl (C=O) groups is 1. The second-order valence-corrected chi connectivity index (χ2v) is 5.01. The summed E-state index contributed by atoms with van der Waals surface area (Å²) in [5.41, 5.74) is 1.50. The molecule has 1 amide bonds. The van der Waals surface area contributed by atoms with Crippen LogP contribution in [0.3, 0.4) is 0 Å². The molecule has 0 spiro atoms. The molecule has 0 saturated carbocycles. The fourth-order valence-corrected chi connectivity index (χ4v) is 2.38. The van der Waals surface area contributed by atoms with Crippen LogP contribution in [-0.4, -0.2) is 27.8 Å². The third kappa shape index (κ3) is 3.18. The molecule has 0 aliphatic heterocycles. The molecule has 0 bridgehead atoms. The Labute approximate surface area is 123 Å². The van der Waals surface area contributed by atoms with Crippen LogP contribution in [-0.2, 0) is 0 Å². The van der Waals surface area contributed by atoms with Crippen LogP contribution in [0.2, 0.25) is 0 Å². The number of aromatic amines is 1. The number of nitrogens with one attached hydrogen (secondary N) is 1.